The van der Waals surface area contributed by atoms with Crippen LogP contribution in [-0.4, -0.2) is 52.9 Å². The van der Waals surface area contributed by atoms with Gasteiger partial charge in [-0.25, -0.2) is 4.98 Å². The van der Waals surface area contributed by atoms with Gasteiger partial charge in [0.15, 0.2) is 0 Å². The summed E-state index contributed by atoms with van der Waals surface area (Å²) in [5.41, 5.74) is 0.457. The van der Waals surface area contributed by atoms with Crippen molar-refractivity contribution in [1.82, 2.24) is 14.8 Å². The molecular formula is C14H17Cl2N3O. The fraction of sp³-hybridized carbons (Fsp3) is 0.571. The highest BCUT2D eigenvalue weighted by atomic mass is 35.5. The van der Waals surface area contributed by atoms with Crippen LogP contribution in [-0.2, 0) is 0 Å². The molecule has 0 bridgehead atoms. The van der Waals surface area contributed by atoms with Gasteiger partial charge in [-0.1, -0.05) is 23.2 Å². The van der Waals surface area contributed by atoms with Crippen LogP contribution in [0.5, 0.6) is 0 Å². The number of pyridine rings is 1. The number of halogens is 2. The Balaban J connectivity index is 1.80. The first-order valence-corrected chi connectivity index (χ1v) is 7.75. The number of aromatic nitrogens is 1. The minimum absolute atomic E-state index is 0.0342. The summed E-state index contributed by atoms with van der Waals surface area (Å²) in [5, 5.41) is 0.669. The highest BCUT2D eigenvalue weighted by molar-refractivity contribution is 6.35. The molecule has 0 radical (unpaired) electrons. The van der Waals surface area contributed by atoms with Gasteiger partial charge in [0.25, 0.3) is 5.91 Å². The molecule has 1 amide bonds. The third-order valence-corrected chi connectivity index (χ3v) is 4.65. The van der Waals surface area contributed by atoms with E-state index in [9.17, 15) is 4.79 Å². The number of carbonyl (C=O) groups excluding carboxylic acids is 1. The second kappa shape index (κ2) is 5.88. The van der Waals surface area contributed by atoms with Gasteiger partial charge in [-0.15, -0.1) is 0 Å². The lowest BCUT2D eigenvalue weighted by Crippen LogP contribution is -2.39. The molecule has 2 aliphatic heterocycles. The van der Waals surface area contributed by atoms with Gasteiger partial charge in [0.1, 0.15) is 5.15 Å². The van der Waals surface area contributed by atoms with E-state index >= 15 is 0 Å². The van der Waals surface area contributed by atoms with Crippen molar-refractivity contribution in [1.29, 1.82) is 0 Å². The van der Waals surface area contributed by atoms with E-state index < -0.39 is 0 Å². The number of amides is 1. The van der Waals surface area contributed by atoms with E-state index in [2.05, 4.69) is 9.88 Å². The fourth-order valence-corrected chi connectivity index (χ4v) is 3.48. The topological polar surface area (TPSA) is 36.4 Å². The van der Waals surface area contributed by atoms with Gasteiger partial charge < -0.3 is 4.90 Å². The lowest BCUT2D eigenvalue weighted by molar-refractivity contribution is 0.0743. The number of hydrogen-bond donors (Lipinski definition) is 0. The van der Waals surface area contributed by atoms with Crippen molar-refractivity contribution in [2.45, 2.75) is 25.3 Å². The van der Waals surface area contributed by atoms with Crippen molar-refractivity contribution in [2.24, 2.45) is 0 Å². The van der Waals surface area contributed by atoms with Gasteiger partial charge in [0.05, 0.1) is 10.6 Å². The molecule has 108 valence electrons. The third kappa shape index (κ3) is 2.78. The Kier molecular flexibility index (Phi) is 4.15. The van der Waals surface area contributed by atoms with Gasteiger partial charge >= 0.3 is 0 Å². The van der Waals surface area contributed by atoms with Crippen LogP contribution < -0.4 is 0 Å². The molecule has 3 heterocycles. The zero-order valence-electron chi connectivity index (χ0n) is 11.2. The molecule has 0 aliphatic carbocycles. The standard InChI is InChI=1S/C14H17Cl2N3O/c15-12-8-17-13(16)7-11(12)14(20)19-6-2-5-18-4-1-3-10(18)9-19/h7-8,10H,1-6,9H2. The van der Waals surface area contributed by atoms with E-state index in [0.717, 1.165) is 32.6 Å². The van der Waals surface area contributed by atoms with Crippen LogP contribution >= 0.6 is 23.2 Å². The van der Waals surface area contributed by atoms with E-state index in [-0.39, 0.29) is 5.91 Å². The highest BCUT2D eigenvalue weighted by Gasteiger charge is 2.31. The maximum Gasteiger partial charge on any atom is 0.255 e. The first kappa shape index (κ1) is 14.1. The molecule has 0 N–H and O–H groups in total. The van der Waals surface area contributed by atoms with Crippen molar-refractivity contribution in [3.05, 3.63) is 28.0 Å². The summed E-state index contributed by atoms with van der Waals surface area (Å²) in [5.74, 6) is -0.0342. The number of hydrogen-bond acceptors (Lipinski definition) is 3. The van der Waals surface area contributed by atoms with Crippen LogP contribution in [0.3, 0.4) is 0 Å². The summed E-state index contributed by atoms with van der Waals surface area (Å²) < 4.78 is 0. The SMILES string of the molecule is O=C(c1cc(Cl)ncc1Cl)N1CCCN2CCCC2C1. The maximum absolute atomic E-state index is 12.7. The molecule has 3 rings (SSSR count). The molecule has 0 spiro atoms. The van der Waals surface area contributed by atoms with Crippen molar-refractivity contribution < 1.29 is 4.79 Å². The van der Waals surface area contributed by atoms with Crippen LogP contribution in [0.2, 0.25) is 10.2 Å². The fourth-order valence-electron chi connectivity index (χ4n) is 3.14. The number of rotatable bonds is 1. The molecule has 1 unspecified atom stereocenters. The van der Waals surface area contributed by atoms with Crippen LogP contribution in [0.25, 0.3) is 0 Å². The summed E-state index contributed by atoms with van der Waals surface area (Å²) in [6.07, 6.45) is 4.86. The molecule has 0 saturated carbocycles. The monoisotopic (exact) mass is 313 g/mol. The Labute approximate surface area is 128 Å². The predicted molar refractivity (Wildman–Crippen MR) is 79.4 cm³/mol. The molecule has 4 nitrogen and oxygen atoms in total. The van der Waals surface area contributed by atoms with E-state index in [0.29, 0.717) is 21.8 Å². The number of carbonyl (C=O) groups is 1. The normalized spacial score (nSPS) is 23.5. The van der Waals surface area contributed by atoms with Gasteiger partial charge in [-0.3, -0.25) is 9.69 Å². The van der Waals surface area contributed by atoms with Crippen molar-refractivity contribution in [2.75, 3.05) is 26.2 Å². The van der Waals surface area contributed by atoms with Gasteiger partial charge in [0, 0.05) is 31.9 Å². The average Bonchev–Trinajstić information content (AvgIpc) is 2.78. The maximum atomic E-state index is 12.7. The quantitative estimate of drug-likeness (QED) is 0.748. The predicted octanol–water partition coefficient (Wildman–Crippen LogP) is 2.70. The smallest absolute Gasteiger partial charge is 0.255 e. The Morgan fingerprint density at radius 2 is 2.05 bits per heavy atom. The molecule has 20 heavy (non-hydrogen) atoms. The third-order valence-electron chi connectivity index (χ3n) is 4.14. The summed E-state index contributed by atoms with van der Waals surface area (Å²) in [4.78, 5) is 20.9. The average molecular weight is 314 g/mol. The lowest BCUT2D eigenvalue weighted by Gasteiger charge is -2.26. The Morgan fingerprint density at radius 3 is 2.90 bits per heavy atom. The highest BCUT2D eigenvalue weighted by Crippen LogP contribution is 2.24. The van der Waals surface area contributed by atoms with Crippen molar-refractivity contribution in [3.8, 4) is 0 Å². The molecule has 6 heteroatoms. The molecular weight excluding hydrogens is 297 g/mol. The molecule has 1 aromatic rings. The first-order valence-electron chi connectivity index (χ1n) is 6.99. The first-order chi connectivity index (χ1) is 9.65. The molecule has 2 aliphatic rings. The van der Waals surface area contributed by atoms with E-state index in [1.165, 1.54) is 19.0 Å². The van der Waals surface area contributed by atoms with Gasteiger partial charge in [-0.05, 0) is 31.9 Å². The van der Waals surface area contributed by atoms with E-state index in [4.69, 9.17) is 23.2 Å². The molecule has 2 fully saturated rings. The second-order valence-corrected chi connectivity index (χ2v) is 6.22. The Bertz CT molecular complexity index is 523. The number of nitrogens with zero attached hydrogens (tertiary/aromatic N) is 3. The molecule has 2 saturated heterocycles. The number of fused-ring (bicyclic) bond motifs is 1. The van der Waals surface area contributed by atoms with Gasteiger partial charge in [-0.2, -0.15) is 0 Å². The van der Waals surface area contributed by atoms with Crippen LogP contribution in [0.15, 0.2) is 12.3 Å². The van der Waals surface area contributed by atoms with Crippen molar-refractivity contribution >= 4 is 29.1 Å². The van der Waals surface area contributed by atoms with Crippen molar-refractivity contribution in [3.63, 3.8) is 0 Å². The molecule has 0 aromatic carbocycles. The van der Waals surface area contributed by atoms with Crippen LogP contribution in [0.1, 0.15) is 29.6 Å². The Morgan fingerprint density at radius 1 is 1.25 bits per heavy atom. The molecule has 1 atom stereocenters. The molecule has 1 aromatic heterocycles. The van der Waals surface area contributed by atoms with Crippen LogP contribution in [0, 0.1) is 0 Å². The van der Waals surface area contributed by atoms with E-state index in [1.54, 1.807) is 6.07 Å². The zero-order valence-corrected chi connectivity index (χ0v) is 12.7. The summed E-state index contributed by atoms with van der Waals surface area (Å²) >= 11 is 12.0. The largest absolute Gasteiger partial charge is 0.337 e. The van der Waals surface area contributed by atoms with Gasteiger partial charge in [0.2, 0.25) is 0 Å². The summed E-state index contributed by atoms with van der Waals surface area (Å²) in [7, 11) is 0. The van der Waals surface area contributed by atoms with E-state index in [1.807, 2.05) is 4.90 Å². The summed E-state index contributed by atoms with van der Waals surface area (Å²) in [6, 6.07) is 2.06. The van der Waals surface area contributed by atoms with Crippen LogP contribution in [0.4, 0.5) is 0 Å². The minimum Gasteiger partial charge on any atom is -0.337 e. The second-order valence-electron chi connectivity index (χ2n) is 5.42. The Hall–Kier alpha value is -0.840. The minimum atomic E-state index is -0.0342. The summed E-state index contributed by atoms with van der Waals surface area (Å²) in [6.45, 7) is 3.81. The zero-order chi connectivity index (χ0) is 14.1. The lowest BCUT2D eigenvalue weighted by atomic mass is 10.2.